The van der Waals surface area contributed by atoms with Gasteiger partial charge in [0, 0.05) is 26.1 Å². The van der Waals surface area contributed by atoms with E-state index in [1.165, 1.54) is 27.8 Å². The molecule has 152 valence electrons. The number of hydrogen-bond acceptors (Lipinski definition) is 3. The Labute approximate surface area is 176 Å². The van der Waals surface area contributed by atoms with Crippen LogP contribution < -0.4 is 4.74 Å². The van der Waals surface area contributed by atoms with E-state index in [9.17, 15) is 4.79 Å². The van der Waals surface area contributed by atoms with Crippen LogP contribution in [0.15, 0.2) is 72.8 Å². The van der Waals surface area contributed by atoms with Gasteiger partial charge in [0.1, 0.15) is 11.9 Å². The summed E-state index contributed by atoms with van der Waals surface area (Å²) in [6.45, 7) is 2.09. The quantitative estimate of drug-likeness (QED) is 0.664. The van der Waals surface area contributed by atoms with Gasteiger partial charge in [-0.15, -0.1) is 0 Å². The number of benzene rings is 3. The lowest BCUT2D eigenvalue weighted by Gasteiger charge is -2.36. The number of rotatable bonds is 6. The molecule has 4 heteroatoms. The summed E-state index contributed by atoms with van der Waals surface area (Å²) in [5.74, 6) is 0.0918. The third kappa shape index (κ3) is 3.96. The second-order valence-electron chi connectivity index (χ2n) is 8.39. The summed E-state index contributed by atoms with van der Waals surface area (Å²) >= 11 is 0. The zero-order chi connectivity index (χ0) is 20.5. The first-order valence-electron chi connectivity index (χ1n) is 10.5. The van der Waals surface area contributed by atoms with Crippen molar-refractivity contribution in [2.24, 2.45) is 5.92 Å². The number of carboxylic acids is 1. The van der Waals surface area contributed by atoms with E-state index in [0.29, 0.717) is 13.1 Å². The van der Waals surface area contributed by atoms with Gasteiger partial charge in [-0.05, 0) is 40.3 Å². The standard InChI is InChI=1S/C26H25NO3/c28-26(29)23-16-27(17-23)15-19-6-9-21(10-7-19)25-14-22-13-20(8-11-24(22)30-25)12-18-4-2-1-3-5-18/h1-11,13,23,25H,12,14-17H2,(H,28,29). The van der Waals surface area contributed by atoms with Gasteiger partial charge in [0.05, 0.1) is 5.92 Å². The number of aliphatic carboxylic acids is 1. The molecule has 2 aliphatic rings. The fraction of sp³-hybridized carbons (Fsp3) is 0.269. The second kappa shape index (κ2) is 7.96. The fourth-order valence-corrected chi connectivity index (χ4v) is 4.38. The molecule has 2 aliphatic heterocycles. The van der Waals surface area contributed by atoms with Crippen molar-refractivity contribution in [1.29, 1.82) is 0 Å². The van der Waals surface area contributed by atoms with Crippen LogP contribution in [0.2, 0.25) is 0 Å². The Morgan fingerprint density at radius 1 is 0.933 bits per heavy atom. The molecule has 1 unspecified atom stereocenters. The van der Waals surface area contributed by atoms with Crippen LogP contribution in [0.4, 0.5) is 0 Å². The van der Waals surface area contributed by atoms with Crippen molar-refractivity contribution in [1.82, 2.24) is 4.90 Å². The van der Waals surface area contributed by atoms with Crippen molar-refractivity contribution in [2.75, 3.05) is 13.1 Å². The molecule has 4 nitrogen and oxygen atoms in total. The number of carbonyl (C=O) groups is 1. The second-order valence-corrected chi connectivity index (χ2v) is 8.39. The minimum atomic E-state index is -0.688. The SMILES string of the molecule is O=C(O)C1CN(Cc2ccc(C3Cc4cc(Cc5ccccc5)ccc4O3)cc2)C1. The molecule has 0 aromatic heterocycles. The summed E-state index contributed by atoms with van der Waals surface area (Å²) in [4.78, 5) is 13.1. The smallest absolute Gasteiger partial charge is 0.309 e. The normalized spacial score (nSPS) is 18.5. The van der Waals surface area contributed by atoms with E-state index in [1.54, 1.807) is 0 Å². The molecule has 0 bridgehead atoms. The predicted octanol–water partition coefficient (Wildman–Crippen LogP) is 4.47. The minimum absolute atomic E-state index is 0.0569. The number of carboxylic acid groups (broad SMARTS) is 1. The zero-order valence-corrected chi connectivity index (χ0v) is 16.8. The molecule has 0 radical (unpaired) electrons. The summed E-state index contributed by atoms with van der Waals surface area (Å²) in [5.41, 5.74) is 6.31. The van der Waals surface area contributed by atoms with Gasteiger partial charge in [0.2, 0.25) is 0 Å². The molecule has 3 aromatic carbocycles. The van der Waals surface area contributed by atoms with Crippen molar-refractivity contribution in [2.45, 2.75) is 25.5 Å². The number of hydrogen-bond donors (Lipinski definition) is 1. The van der Waals surface area contributed by atoms with Crippen LogP contribution in [0.25, 0.3) is 0 Å². The average Bonchev–Trinajstić information content (AvgIpc) is 3.15. The lowest BCUT2D eigenvalue weighted by Crippen LogP contribution is -2.49. The Morgan fingerprint density at radius 3 is 2.40 bits per heavy atom. The maximum Gasteiger partial charge on any atom is 0.309 e. The summed E-state index contributed by atoms with van der Waals surface area (Å²) in [5, 5.41) is 9.00. The largest absolute Gasteiger partial charge is 0.485 e. The number of nitrogens with zero attached hydrogens (tertiary/aromatic N) is 1. The Hall–Kier alpha value is -3.11. The Morgan fingerprint density at radius 2 is 1.67 bits per heavy atom. The first-order chi connectivity index (χ1) is 14.6. The molecular weight excluding hydrogens is 374 g/mol. The Bertz CT molecular complexity index is 1040. The van der Waals surface area contributed by atoms with E-state index < -0.39 is 5.97 Å². The third-order valence-electron chi connectivity index (χ3n) is 6.11. The summed E-state index contributed by atoms with van der Waals surface area (Å²) in [7, 11) is 0. The first-order valence-corrected chi connectivity index (χ1v) is 10.5. The maximum atomic E-state index is 10.9. The third-order valence-corrected chi connectivity index (χ3v) is 6.11. The predicted molar refractivity (Wildman–Crippen MR) is 116 cm³/mol. The van der Waals surface area contributed by atoms with Crippen LogP contribution in [-0.4, -0.2) is 29.1 Å². The molecule has 1 saturated heterocycles. The van der Waals surface area contributed by atoms with Crippen molar-refractivity contribution in [3.63, 3.8) is 0 Å². The molecule has 0 amide bonds. The zero-order valence-electron chi connectivity index (χ0n) is 16.8. The average molecular weight is 399 g/mol. The van der Waals surface area contributed by atoms with Gasteiger partial charge in [-0.1, -0.05) is 66.7 Å². The highest BCUT2D eigenvalue weighted by Gasteiger charge is 2.32. The highest BCUT2D eigenvalue weighted by Crippen LogP contribution is 2.37. The number of fused-ring (bicyclic) bond motifs is 1. The maximum absolute atomic E-state index is 10.9. The molecule has 3 aromatic rings. The number of ether oxygens (including phenoxy) is 1. The van der Waals surface area contributed by atoms with Crippen LogP contribution in [0.1, 0.15) is 33.9 Å². The fourth-order valence-electron chi connectivity index (χ4n) is 4.38. The van der Waals surface area contributed by atoms with Gasteiger partial charge in [0.25, 0.3) is 0 Å². The summed E-state index contributed by atoms with van der Waals surface area (Å²) in [6.07, 6.45) is 1.89. The van der Waals surface area contributed by atoms with Crippen molar-refractivity contribution < 1.29 is 14.6 Å². The van der Waals surface area contributed by atoms with E-state index in [0.717, 1.165) is 25.1 Å². The van der Waals surface area contributed by atoms with Gasteiger partial charge < -0.3 is 9.84 Å². The first kappa shape index (κ1) is 18.9. The topological polar surface area (TPSA) is 49.8 Å². The van der Waals surface area contributed by atoms with Crippen molar-refractivity contribution >= 4 is 5.97 Å². The van der Waals surface area contributed by atoms with Crippen LogP contribution >= 0.6 is 0 Å². The molecule has 1 atom stereocenters. The highest BCUT2D eigenvalue weighted by atomic mass is 16.5. The van der Waals surface area contributed by atoms with Crippen molar-refractivity contribution in [3.05, 3.63) is 101 Å². The van der Waals surface area contributed by atoms with Gasteiger partial charge in [-0.2, -0.15) is 0 Å². The molecule has 5 rings (SSSR count). The minimum Gasteiger partial charge on any atom is -0.485 e. The van der Waals surface area contributed by atoms with Crippen LogP contribution in [-0.2, 0) is 24.2 Å². The lowest BCUT2D eigenvalue weighted by atomic mass is 9.97. The molecule has 1 fully saturated rings. The summed E-state index contributed by atoms with van der Waals surface area (Å²) in [6, 6.07) is 25.6. The molecular formula is C26H25NO3. The molecule has 30 heavy (non-hydrogen) atoms. The van der Waals surface area contributed by atoms with E-state index in [1.807, 2.05) is 6.07 Å². The Kier molecular flexibility index (Phi) is 5.01. The van der Waals surface area contributed by atoms with Crippen LogP contribution in [0.3, 0.4) is 0 Å². The molecule has 1 N–H and O–H groups in total. The summed E-state index contributed by atoms with van der Waals surface area (Å²) < 4.78 is 6.22. The van der Waals surface area contributed by atoms with E-state index in [4.69, 9.17) is 9.84 Å². The van der Waals surface area contributed by atoms with Crippen molar-refractivity contribution in [3.8, 4) is 5.75 Å². The van der Waals surface area contributed by atoms with E-state index >= 15 is 0 Å². The molecule has 0 saturated carbocycles. The molecule has 0 spiro atoms. The molecule has 0 aliphatic carbocycles. The van der Waals surface area contributed by atoms with Crippen LogP contribution in [0.5, 0.6) is 5.75 Å². The van der Waals surface area contributed by atoms with Gasteiger partial charge in [-0.25, -0.2) is 0 Å². The monoisotopic (exact) mass is 399 g/mol. The van der Waals surface area contributed by atoms with E-state index in [2.05, 4.69) is 71.6 Å². The Balaban J connectivity index is 1.21. The lowest BCUT2D eigenvalue weighted by molar-refractivity contribution is -0.147. The van der Waals surface area contributed by atoms with E-state index in [-0.39, 0.29) is 12.0 Å². The van der Waals surface area contributed by atoms with Gasteiger partial charge in [-0.3, -0.25) is 9.69 Å². The highest BCUT2D eigenvalue weighted by molar-refractivity contribution is 5.71. The number of likely N-dealkylation sites (tertiary alicyclic amines) is 1. The van der Waals surface area contributed by atoms with Gasteiger partial charge >= 0.3 is 5.97 Å². The molecule has 2 heterocycles. The van der Waals surface area contributed by atoms with Gasteiger partial charge in [0.15, 0.2) is 0 Å². The van der Waals surface area contributed by atoms with Crippen LogP contribution in [0, 0.1) is 5.92 Å².